The molecule has 0 saturated heterocycles. The first kappa shape index (κ1) is 26.1. The first-order valence-electron chi connectivity index (χ1n) is 9.63. The van der Waals surface area contributed by atoms with E-state index in [1.165, 1.54) is 0 Å². The van der Waals surface area contributed by atoms with Crippen molar-refractivity contribution in [2.75, 3.05) is 6.61 Å². The highest BCUT2D eigenvalue weighted by Crippen LogP contribution is 2.19. The molecule has 3 unspecified atom stereocenters. The zero-order valence-corrected chi connectivity index (χ0v) is 16.5. The number of aliphatic hydroxyl groups excluding tert-OH is 3. The summed E-state index contributed by atoms with van der Waals surface area (Å²) in [6.07, 6.45) is 1.07. The molecule has 3 atom stereocenters. The van der Waals surface area contributed by atoms with Gasteiger partial charge < -0.3 is 15.3 Å². The number of rotatable bonds is 13. The van der Waals surface area contributed by atoms with Gasteiger partial charge >= 0.3 is 18.1 Å². The highest BCUT2D eigenvalue weighted by Gasteiger charge is 2.34. The normalized spacial score (nSPS) is 13.9. The number of carbonyl (C=O) groups excluding carboxylic acids is 3. The van der Waals surface area contributed by atoms with Gasteiger partial charge in [-0.3, -0.25) is 0 Å². The molecule has 0 aromatic rings. The number of hydrogen-bond donors (Lipinski definition) is 3. The van der Waals surface area contributed by atoms with Crippen LogP contribution < -0.4 is 0 Å². The Hall–Kier alpha value is -1.91. The third-order valence-corrected chi connectivity index (χ3v) is 4.04. The summed E-state index contributed by atoms with van der Waals surface area (Å²) in [6.45, 7) is 3.21. The van der Waals surface area contributed by atoms with Crippen molar-refractivity contribution in [2.45, 2.75) is 83.8 Å². The standard InChI is InChI=1S/C18H32O10/c1-3-5-7-9-11-15(21)25-27-18(24)28-26-17(23)13(10-8-6-4-2)16(22)14(20)12-19/h13-14,16,19-20,22H,3-12H2,1-2H3. The van der Waals surface area contributed by atoms with E-state index in [0.717, 1.165) is 32.1 Å². The second-order valence-electron chi connectivity index (χ2n) is 6.43. The summed E-state index contributed by atoms with van der Waals surface area (Å²) in [4.78, 5) is 51.4. The van der Waals surface area contributed by atoms with E-state index in [4.69, 9.17) is 5.11 Å². The summed E-state index contributed by atoms with van der Waals surface area (Å²) in [5, 5.41) is 28.4. The third-order valence-electron chi connectivity index (χ3n) is 4.04. The topological polar surface area (TPSA) is 149 Å². The highest BCUT2D eigenvalue weighted by molar-refractivity contribution is 5.74. The smallest absolute Gasteiger partial charge is 0.394 e. The monoisotopic (exact) mass is 408 g/mol. The minimum Gasteiger partial charge on any atom is -0.394 e. The molecule has 3 N–H and O–H groups in total. The predicted molar refractivity (Wildman–Crippen MR) is 95.2 cm³/mol. The second kappa shape index (κ2) is 16.1. The van der Waals surface area contributed by atoms with Gasteiger partial charge in [0.05, 0.1) is 25.0 Å². The molecule has 0 aliphatic carbocycles. The zero-order valence-electron chi connectivity index (χ0n) is 16.5. The van der Waals surface area contributed by atoms with Crippen LogP contribution in [0.1, 0.15) is 71.6 Å². The Morgan fingerprint density at radius 2 is 1.43 bits per heavy atom. The molecule has 28 heavy (non-hydrogen) atoms. The molecule has 0 rings (SSSR count). The van der Waals surface area contributed by atoms with Gasteiger partial charge in [0.25, 0.3) is 0 Å². The fourth-order valence-electron chi connectivity index (χ4n) is 2.39. The first-order valence-corrected chi connectivity index (χ1v) is 9.63. The van der Waals surface area contributed by atoms with Gasteiger partial charge in [-0.1, -0.05) is 52.4 Å². The molecule has 10 heteroatoms. The molecule has 0 aliphatic rings. The lowest BCUT2D eigenvalue weighted by Gasteiger charge is -2.23. The van der Waals surface area contributed by atoms with Gasteiger partial charge in [0, 0.05) is 0 Å². The average molecular weight is 408 g/mol. The quantitative estimate of drug-likeness (QED) is 0.234. The van der Waals surface area contributed by atoms with Crippen molar-refractivity contribution < 1.29 is 49.3 Å². The lowest BCUT2D eigenvalue weighted by Crippen LogP contribution is -2.40. The molecule has 0 bridgehead atoms. The Balaban J connectivity index is 4.35. The summed E-state index contributed by atoms with van der Waals surface area (Å²) in [6, 6.07) is 0. The molecule has 0 aromatic carbocycles. The van der Waals surface area contributed by atoms with Crippen LogP contribution in [0.4, 0.5) is 4.79 Å². The van der Waals surface area contributed by atoms with Crippen molar-refractivity contribution in [1.82, 2.24) is 0 Å². The SMILES string of the molecule is CCCCCCC(=O)OOC(=O)OOC(=O)C(CCCCC)C(O)C(O)CO. The van der Waals surface area contributed by atoms with Gasteiger partial charge in [0.1, 0.15) is 6.10 Å². The molecule has 0 saturated carbocycles. The van der Waals surface area contributed by atoms with Crippen molar-refractivity contribution in [1.29, 1.82) is 0 Å². The van der Waals surface area contributed by atoms with Crippen molar-refractivity contribution in [2.24, 2.45) is 5.92 Å². The van der Waals surface area contributed by atoms with Crippen LogP contribution in [0.25, 0.3) is 0 Å². The van der Waals surface area contributed by atoms with Gasteiger partial charge in [0.2, 0.25) is 0 Å². The van der Waals surface area contributed by atoms with E-state index in [1.807, 2.05) is 13.8 Å². The van der Waals surface area contributed by atoms with Crippen LogP contribution in [0.2, 0.25) is 0 Å². The van der Waals surface area contributed by atoms with Crippen LogP contribution in [0.15, 0.2) is 0 Å². The van der Waals surface area contributed by atoms with Crippen molar-refractivity contribution in [3.05, 3.63) is 0 Å². The first-order chi connectivity index (χ1) is 13.4. The van der Waals surface area contributed by atoms with E-state index >= 15 is 0 Å². The molecule has 0 radical (unpaired) electrons. The lowest BCUT2D eigenvalue weighted by molar-refractivity contribution is -0.296. The van der Waals surface area contributed by atoms with E-state index in [9.17, 15) is 24.6 Å². The van der Waals surface area contributed by atoms with Gasteiger partial charge in [-0.05, 0) is 12.8 Å². The minimum absolute atomic E-state index is 0.0673. The molecule has 0 aromatic heterocycles. The number of carbonyl (C=O) groups is 3. The molecule has 0 amide bonds. The van der Waals surface area contributed by atoms with Crippen LogP contribution in [0, 0.1) is 5.92 Å². The largest absolute Gasteiger partial charge is 0.591 e. The van der Waals surface area contributed by atoms with Crippen LogP contribution in [0.3, 0.4) is 0 Å². The Morgan fingerprint density at radius 1 is 0.821 bits per heavy atom. The van der Waals surface area contributed by atoms with Crippen molar-refractivity contribution >= 4 is 18.1 Å². The summed E-state index contributed by atoms with van der Waals surface area (Å²) >= 11 is 0. The van der Waals surface area contributed by atoms with Crippen LogP contribution >= 0.6 is 0 Å². The Morgan fingerprint density at radius 3 is 2.04 bits per heavy atom. The Kier molecular flexibility index (Phi) is 15.0. The fourth-order valence-corrected chi connectivity index (χ4v) is 2.39. The van der Waals surface area contributed by atoms with Gasteiger partial charge in [-0.25, -0.2) is 29.1 Å². The van der Waals surface area contributed by atoms with Crippen molar-refractivity contribution in [3.8, 4) is 0 Å². The predicted octanol–water partition coefficient (Wildman–Crippen LogP) is 1.94. The van der Waals surface area contributed by atoms with E-state index in [-0.39, 0.29) is 12.8 Å². The van der Waals surface area contributed by atoms with Crippen molar-refractivity contribution in [3.63, 3.8) is 0 Å². The molecular weight excluding hydrogens is 376 g/mol. The molecule has 0 aliphatic heterocycles. The molecule has 0 heterocycles. The maximum Gasteiger partial charge on any atom is 0.591 e. The van der Waals surface area contributed by atoms with Gasteiger partial charge in [-0.2, -0.15) is 4.79 Å². The lowest BCUT2D eigenvalue weighted by atomic mass is 9.92. The number of unbranched alkanes of at least 4 members (excludes halogenated alkanes) is 5. The number of aliphatic hydroxyl groups is 3. The summed E-state index contributed by atoms with van der Waals surface area (Å²) in [5.74, 6) is -3.11. The van der Waals surface area contributed by atoms with E-state index in [0.29, 0.717) is 12.8 Å². The summed E-state index contributed by atoms with van der Waals surface area (Å²) < 4.78 is 0. The molecule has 10 nitrogen and oxygen atoms in total. The maximum absolute atomic E-state index is 12.0. The van der Waals surface area contributed by atoms with Crippen LogP contribution in [-0.2, 0) is 29.1 Å². The van der Waals surface area contributed by atoms with E-state index < -0.39 is 42.8 Å². The molecule has 0 spiro atoms. The average Bonchev–Trinajstić information content (AvgIpc) is 2.69. The zero-order chi connectivity index (χ0) is 21.4. The van der Waals surface area contributed by atoms with Crippen LogP contribution in [0.5, 0.6) is 0 Å². The molecular formula is C18H32O10. The molecule has 164 valence electrons. The fraction of sp³-hybridized carbons (Fsp3) is 0.833. The number of hydrogen-bond acceptors (Lipinski definition) is 10. The third kappa shape index (κ3) is 11.7. The Labute approximate surface area is 164 Å². The van der Waals surface area contributed by atoms with Gasteiger partial charge in [0.15, 0.2) is 0 Å². The summed E-state index contributed by atoms with van der Waals surface area (Å²) in [7, 11) is 0. The van der Waals surface area contributed by atoms with E-state index in [2.05, 4.69) is 19.6 Å². The highest BCUT2D eigenvalue weighted by atomic mass is 17.3. The molecule has 0 fully saturated rings. The van der Waals surface area contributed by atoms with Gasteiger partial charge in [-0.15, -0.1) is 0 Å². The Bertz CT molecular complexity index is 454. The van der Waals surface area contributed by atoms with E-state index in [1.54, 1.807) is 0 Å². The second-order valence-corrected chi connectivity index (χ2v) is 6.43. The van der Waals surface area contributed by atoms with Crippen LogP contribution in [-0.4, -0.2) is 52.2 Å². The maximum atomic E-state index is 12.0. The summed E-state index contributed by atoms with van der Waals surface area (Å²) in [5.41, 5.74) is 0. The minimum atomic E-state index is -1.60.